The van der Waals surface area contributed by atoms with E-state index in [9.17, 15) is 18.4 Å². The fourth-order valence-corrected chi connectivity index (χ4v) is 2.69. The van der Waals surface area contributed by atoms with Crippen molar-refractivity contribution in [1.82, 2.24) is 15.6 Å². The van der Waals surface area contributed by atoms with Gasteiger partial charge in [-0.3, -0.25) is 15.0 Å². The van der Waals surface area contributed by atoms with Crippen molar-refractivity contribution in [2.45, 2.75) is 0 Å². The van der Waals surface area contributed by atoms with E-state index in [1.807, 2.05) is 0 Å². The predicted molar refractivity (Wildman–Crippen MR) is 110 cm³/mol. The Morgan fingerprint density at radius 2 is 1.93 bits per heavy atom. The molecule has 0 spiro atoms. The van der Waals surface area contributed by atoms with Crippen molar-refractivity contribution in [3.05, 3.63) is 68.2 Å². The number of anilines is 2. The Bertz CT molecular complexity index is 1030. The van der Waals surface area contributed by atoms with Gasteiger partial charge in [0.1, 0.15) is 17.3 Å². The topological polar surface area (TPSA) is 134 Å². The maximum absolute atomic E-state index is 14.0. The summed E-state index contributed by atoms with van der Waals surface area (Å²) in [7, 11) is 1.45. The van der Waals surface area contributed by atoms with Crippen LogP contribution in [0.25, 0.3) is 0 Å². The molecule has 0 radical (unpaired) electrons. The van der Waals surface area contributed by atoms with Gasteiger partial charge in [-0.15, -0.1) is 0 Å². The second-order valence-electron chi connectivity index (χ2n) is 5.61. The van der Waals surface area contributed by atoms with Gasteiger partial charge in [0.25, 0.3) is 5.56 Å². The molecule has 0 atom stereocenters. The van der Waals surface area contributed by atoms with E-state index in [4.69, 9.17) is 10.8 Å². The smallest absolute Gasteiger partial charge is 0.259 e. The molecule has 29 heavy (non-hydrogen) atoms. The van der Waals surface area contributed by atoms with Crippen molar-refractivity contribution < 1.29 is 13.6 Å². The first-order chi connectivity index (χ1) is 13.8. The third-order valence-corrected chi connectivity index (χ3v) is 4.38. The molecule has 152 valence electrons. The van der Waals surface area contributed by atoms with Crippen molar-refractivity contribution >= 4 is 45.1 Å². The number of aromatic nitrogens is 1. The average Bonchev–Trinajstić information content (AvgIpc) is 2.70. The van der Waals surface area contributed by atoms with Crippen molar-refractivity contribution in [2.24, 2.45) is 0 Å². The van der Waals surface area contributed by atoms with Gasteiger partial charge in [0, 0.05) is 31.2 Å². The molecule has 1 amide bonds. The summed E-state index contributed by atoms with van der Waals surface area (Å²) < 4.78 is 28.3. The first-order valence-corrected chi connectivity index (χ1v) is 8.95. The highest BCUT2D eigenvalue weighted by molar-refractivity contribution is 9.10. The summed E-state index contributed by atoms with van der Waals surface area (Å²) in [5.74, 6) is -2.09. The Hall–Kier alpha value is -3.34. The lowest BCUT2D eigenvalue weighted by Gasteiger charge is -2.15. The number of carbonyl (C=O) groups is 1. The van der Waals surface area contributed by atoms with Crippen LogP contribution in [-0.2, 0) is 4.79 Å². The van der Waals surface area contributed by atoms with Crippen LogP contribution in [0.3, 0.4) is 0 Å². The standard InChI is InChI=1S/C18H17BrF2N6O2/c1-24-13(28)8-25-6-9(5-22)15(23)14-16(10(19)7-26-18(14)29)27-17-11(20)3-2-4-12(17)21/h2-7,22-23,25H,8H2,1H3,(H,24,28)(H2,26,27,29)/b9-6+,22-5?,23-15?. The Morgan fingerprint density at radius 3 is 2.52 bits per heavy atom. The monoisotopic (exact) mass is 466 g/mol. The Balaban J connectivity index is 2.49. The number of nitrogens with one attached hydrogen (secondary N) is 6. The number of hydrogen-bond donors (Lipinski definition) is 6. The SMILES string of the molecule is CNC(=O)CN/C=C(\C=N)C(=N)c1c(Nc2c(F)cccc2F)c(Br)c[nH]c1=O. The summed E-state index contributed by atoms with van der Waals surface area (Å²) >= 11 is 3.19. The normalized spacial score (nSPS) is 11.0. The van der Waals surface area contributed by atoms with Crippen LogP contribution in [-0.4, -0.2) is 36.4 Å². The number of allylic oxidation sites excluding steroid dienone is 1. The number of aromatic amines is 1. The minimum absolute atomic E-state index is 0.0328. The average molecular weight is 467 g/mol. The second kappa shape index (κ2) is 9.73. The summed E-state index contributed by atoms with van der Waals surface area (Å²) in [4.78, 5) is 26.1. The van der Waals surface area contributed by atoms with Gasteiger partial charge in [0.15, 0.2) is 0 Å². The highest BCUT2D eigenvalue weighted by atomic mass is 79.9. The van der Waals surface area contributed by atoms with E-state index in [0.717, 1.165) is 18.3 Å². The van der Waals surface area contributed by atoms with E-state index in [1.54, 1.807) is 0 Å². The number of benzene rings is 1. The van der Waals surface area contributed by atoms with Gasteiger partial charge in [-0.1, -0.05) is 6.07 Å². The largest absolute Gasteiger partial charge is 0.382 e. The molecule has 1 aromatic carbocycles. The third kappa shape index (κ3) is 5.13. The summed E-state index contributed by atoms with van der Waals surface area (Å²) in [5.41, 5.74) is -1.94. The van der Waals surface area contributed by atoms with Gasteiger partial charge in [0.05, 0.1) is 28.0 Å². The van der Waals surface area contributed by atoms with Gasteiger partial charge in [-0.25, -0.2) is 8.78 Å². The van der Waals surface area contributed by atoms with Crippen LogP contribution in [0.1, 0.15) is 5.56 Å². The van der Waals surface area contributed by atoms with Crippen LogP contribution in [0.2, 0.25) is 0 Å². The number of rotatable bonds is 8. The number of halogens is 3. The lowest BCUT2D eigenvalue weighted by molar-refractivity contribution is -0.119. The van der Waals surface area contributed by atoms with Crippen LogP contribution < -0.4 is 21.5 Å². The quantitative estimate of drug-likeness (QED) is 0.333. The van der Waals surface area contributed by atoms with Crippen molar-refractivity contribution in [3.8, 4) is 0 Å². The molecule has 0 unspecified atom stereocenters. The number of likely N-dealkylation sites (N-methyl/N-ethyl adjacent to an activating group) is 1. The molecule has 0 bridgehead atoms. The van der Waals surface area contributed by atoms with Crippen LogP contribution in [0.15, 0.2) is 45.4 Å². The fourth-order valence-electron chi connectivity index (χ4n) is 2.28. The molecule has 1 aromatic heterocycles. The fraction of sp³-hybridized carbons (Fsp3) is 0.111. The molecule has 0 fully saturated rings. The van der Waals surface area contributed by atoms with E-state index in [0.29, 0.717) is 0 Å². The molecule has 6 N–H and O–H groups in total. The molecule has 0 aliphatic heterocycles. The van der Waals surface area contributed by atoms with Crippen molar-refractivity contribution in [3.63, 3.8) is 0 Å². The lowest BCUT2D eigenvalue weighted by atomic mass is 10.0. The van der Waals surface area contributed by atoms with Gasteiger partial charge >= 0.3 is 0 Å². The second-order valence-corrected chi connectivity index (χ2v) is 6.46. The molecule has 2 aromatic rings. The molecule has 0 saturated carbocycles. The number of hydrogen-bond acceptors (Lipinski definition) is 6. The zero-order valence-electron chi connectivity index (χ0n) is 15.1. The van der Waals surface area contributed by atoms with E-state index in [-0.39, 0.29) is 33.7 Å². The summed E-state index contributed by atoms with van der Waals surface area (Å²) in [5, 5.41) is 23.4. The van der Waals surface area contributed by atoms with Crippen LogP contribution >= 0.6 is 15.9 Å². The van der Waals surface area contributed by atoms with E-state index in [1.165, 1.54) is 25.5 Å². The predicted octanol–water partition coefficient (Wildman–Crippen LogP) is 2.40. The maximum Gasteiger partial charge on any atom is 0.259 e. The number of pyridine rings is 1. The van der Waals surface area contributed by atoms with Crippen LogP contribution in [0.5, 0.6) is 0 Å². The van der Waals surface area contributed by atoms with E-state index in [2.05, 4.69) is 36.9 Å². The Labute approximate surface area is 172 Å². The highest BCUT2D eigenvalue weighted by Gasteiger charge is 2.20. The van der Waals surface area contributed by atoms with Gasteiger partial charge < -0.3 is 26.3 Å². The summed E-state index contributed by atoms with van der Waals surface area (Å²) in [6.07, 6.45) is 3.29. The van der Waals surface area contributed by atoms with Crippen molar-refractivity contribution in [2.75, 3.05) is 18.9 Å². The molecule has 0 aliphatic carbocycles. The van der Waals surface area contributed by atoms with Gasteiger partial charge in [-0.05, 0) is 28.1 Å². The molecule has 0 saturated heterocycles. The third-order valence-electron chi connectivity index (χ3n) is 3.75. The molecule has 0 aliphatic rings. The minimum Gasteiger partial charge on any atom is -0.382 e. The van der Waals surface area contributed by atoms with E-state index >= 15 is 0 Å². The lowest BCUT2D eigenvalue weighted by Crippen LogP contribution is -2.29. The Kier molecular flexibility index (Phi) is 7.37. The number of amides is 1. The first kappa shape index (κ1) is 22.0. The Morgan fingerprint density at radius 1 is 1.28 bits per heavy atom. The van der Waals surface area contributed by atoms with Crippen LogP contribution in [0, 0.1) is 22.5 Å². The zero-order chi connectivity index (χ0) is 21.6. The van der Waals surface area contributed by atoms with Crippen molar-refractivity contribution in [1.29, 1.82) is 10.8 Å². The maximum atomic E-state index is 14.0. The van der Waals surface area contributed by atoms with Gasteiger partial charge in [0.2, 0.25) is 5.91 Å². The van der Waals surface area contributed by atoms with E-state index < -0.39 is 28.6 Å². The molecular formula is C18H17BrF2N6O2. The zero-order valence-corrected chi connectivity index (χ0v) is 16.7. The summed E-state index contributed by atoms with van der Waals surface area (Å²) in [6.45, 7) is -0.110. The minimum atomic E-state index is -0.885. The number of carbonyl (C=O) groups excluding carboxylic acids is 1. The number of para-hydroxylation sites is 1. The molecule has 11 heteroatoms. The molecular weight excluding hydrogens is 450 g/mol. The first-order valence-electron chi connectivity index (χ1n) is 8.16. The highest BCUT2D eigenvalue weighted by Crippen LogP contribution is 2.30. The molecule has 1 heterocycles. The van der Waals surface area contributed by atoms with Crippen LogP contribution in [0.4, 0.5) is 20.2 Å². The number of H-pyrrole nitrogens is 1. The van der Waals surface area contributed by atoms with Gasteiger partial charge in [-0.2, -0.15) is 0 Å². The molecule has 2 rings (SSSR count). The molecule has 8 nitrogen and oxygen atoms in total. The summed E-state index contributed by atoms with van der Waals surface area (Å²) in [6, 6.07) is 3.28.